The van der Waals surface area contributed by atoms with Crippen LogP contribution < -0.4 is 5.73 Å². The first-order valence-corrected chi connectivity index (χ1v) is 4.11. The number of nitrogens with one attached hydrogen (secondary N) is 1. The van der Waals surface area contributed by atoms with E-state index in [1.807, 2.05) is 13.2 Å². The molecule has 0 aliphatic rings. The number of nitrogens with zero attached hydrogens (tertiary/aromatic N) is 2. The molecule has 0 unspecified atom stereocenters. The third kappa shape index (κ3) is 2.63. The molecule has 5 heteroatoms. The number of amidine groups is 1. The molecule has 3 N–H and O–H groups in total. The fraction of sp³-hybridized carbons (Fsp3) is 0.333. The van der Waals surface area contributed by atoms with Crippen molar-refractivity contribution >= 4 is 17.6 Å². The lowest BCUT2D eigenvalue weighted by Crippen LogP contribution is -2.11. The summed E-state index contributed by atoms with van der Waals surface area (Å²) in [7, 11) is 1.86. The number of nitrogens with two attached hydrogens (primary N) is 1. The lowest BCUT2D eigenvalue weighted by Gasteiger charge is -1.93. The third-order valence-corrected chi connectivity index (χ3v) is 2.08. The van der Waals surface area contributed by atoms with Gasteiger partial charge in [-0.1, -0.05) is 0 Å². The van der Waals surface area contributed by atoms with Gasteiger partial charge in [0.25, 0.3) is 0 Å². The average Bonchev–Trinajstić information content (AvgIpc) is 2.31. The van der Waals surface area contributed by atoms with Gasteiger partial charge in [0.05, 0.1) is 11.9 Å². The normalized spacial score (nSPS) is 9.91. The summed E-state index contributed by atoms with van der Waals surface area (Å²) in [4.78, 5) is 1.04. The summed E-state index contributed by atoms with van der Waals surface area (Å²) in [6.07, 6.45) is 3.65. The zero-order valence-electron chi connectivity index (χ0n) is 6.24. The van der Waals surface area contributed by atoms with Crippen molar-refractivity contribution in [2.75, 3.05) is 5.75 Å². The monoisotopic (exact) mass is 170 g/mol. The molecule has 0 amide bonds. The summed E-state index contributed by atoms with van der Waals surface area (Å²) in [5, 5.41) is 11.0. The van der Waals surface area contributed by atoms with E-state index in [0.29, 0.717) is 5.75 Å². The predicted molar refractivity (Wildman–Crippen MR) is 45.8 cm³/mol. The van der Waals surface area contributed by atoms with Gasteiger partial charge in [0.1, 0.15) is 5.84 Å². The van der Waals surface area contributed by atoms with Gasteiger partial charge in [-0.2, -0.15) is 5.10 Å². The van der Waals surface area contributed by atoms with Gasteiger partial charge < -0.3 is 5.73 Å². The molecule has 0 fully saturated rings. The molecule has 0 aliphatic carbocycles. The maximum atomic E-state index is 6.98. The first-order valence-electron chi connectivity index (χ1n) is 3.13. The SMILES string of the molecule is Cn1cc(SCC(=N)N)cn1. The van der Waals surface area contributed by atoms with Crippen LogP contribution in [-0.4, -0.2) is 21.4 Å². The Morgan fingerprint density at radius 1 is 1.91 bits per heavy atom. The minimum absolute atomic E-state index is 0.193. The number of hydrogen-bond acceptors (Lipinski definition) is 3. The molecular formula is C6H10N4S. The Kier molecular flexibility index (Phi) is 2.53. The van der Waals surface area contributed by atoms with Crippen molar-refractivity contribution in [1.29, 1.82) is 5.41 Å². The van der Waals surface area contributed by atoms with Gasteiger partial charge in [-0.3, -0.25) is 10.1 Å². The van der Waals surface area contributed by atoms with Crippen molar-refractivity contribution in [2.24, 2.45) is 12.8 Å². The second-order valence-electron chi connectivity index (χ2n) is 2.16. The average molecular weight is 170 g/mol. The van der Waals surface area contributed by atoms with E-state index in [0.717, 1.165) is 4.90 Å². The van der Waals surface area contributed by atoms with Crippen LogP contribution in [0.25, 0.3) is 0 Å². The fourth-order valence-corrected chi connectivity index (χ4v) is 1.31. The molecule has 1 rings (SSSR count). The quantitative estimate of drug-likeness (QED) is 0.393. The van der Waals surface area contributed by atoms with E-state index < -0.39 is 0 Å². The van der Waals surface area contributed by atoms with E-state index in [1.54, 1.807) is 10.9 Å². The van der Waals surface area contributed by atoms with E-state index in [2.05, 4.69) is 5.10 Å². The maximum absolute atomic E-state index is 6.98. The van der Waals surface area contributed by atoms with Crippen molar-refractivity contribution < 1.29 is 0 Å². The number of aromatic nitrogens is 2. The Morgan fingerprint density at radius 3 is 3.09 bits per heavy atom. The number of rotatable bonds is 3. The minimum Gasteiger partial charge on any atom is -0.387 e. The smallest absolute Gasteiger partial charge is 0.101 e. The summed E-state index contributed by atoms with van der Waals surface area (Å²) < 4.78 is 1.72. The highest BCUT2D eigenvalue weighted by atomic mass is 32.2. The van der Waals surface area contributed by atoms with Crippen LogP contribution in [0.5, 0.6) is 0 Å². The molecule has 60 valence electrons. The topological polar surface area (TPSA) is 67.7 Å². The summed E-state index contributed by atoms with van der Waals surface area (Å²) in [6.45, 7) is 0. The summed E-state index contributed by atoms with van der Waals surface area (Å²) in [6, 6.07) is 0. The lowest BCUT2D eigenvalue weighted by atomic mass is 10.7. The zero-order chi connectivity index (χ0) is 8.27. The minimum atomic E-state index is 0.193. The maximum Gasteiger partial charge on any atom is 0.101 e. The number of thioether (sulfide) groups is 1. The van der Waals surface area contributed by atoms with Crippen LogP contribution in [0.4, 0.5) is 0 Å². The van der Waals surface area contributed by atoms with Crippen LogP contribution in [0.15, 0.2) is 17.3 Å². The van der Waals surface area contributed by atoms with Gasteiger partial charge in [0.2, 0.25) is 0 Å². The Bertz CT molecular complexity index is 255. The van der Waals surface area contributed by atoms with Gasteiger partial charge in [-0.15, -0.1) is 11.8 Å². The van der Waals surface area contributed by atoms with Crippen LogP contribution >= 0.6 is 11.8 Å². The Hall–Kier alpha value is -0.970. The van der Waals surface area contributed by atoms with Gasteiger partial charge in [-0.05, 0) is 0 Å². The molecule has 0 saturated heterocycles. The second kappa shape index (κ2) is 3.43. The van der Waals surface area contributed by atoms with Crippen LogP contribution in [0, 0.1) is 5.41 Å². The molecule has 0 atom stereocenters. The van der Waals surface area contributed by atoms with E-state index in [-0.39, 0.29) is 5.84 Å². The van der Waals surface area contributed by atoms with Gasteiger partial charge in [-0.25, -0.2) is 0 Å². The first kappa shape index (κ1) is 8.13. The van der Waals surface area contributed by atoms with E-state index in [1.165, 1.54) is 11.8 Å². The molecule has 1 aromatic heterocycles. The highest BCUT2D eigenvalue weighted by Gasteiger charge is 1.96. The van der Waals surface area contributed by atoms with Crippen molar-refractivity contribution in [1.82, 2.24) is 9.78 Å². The van der Waals surface area contributed by atoms with Crippen LogP contribution in [0.3, 0.4) is 0 Å². The molecule has 11 heavy (non-hydrogen) atoms. The van der Waals surface area contributed by atoms with Crippen molar-refractivity contribution in [3.8, 4) is 0 Å². The Labute approximate surface area is 69.3 Å². The molecule has 0 saturated carbocycles. The first-order chi connectivity index (χ1) is 5.18. The highest BCUT2D eigenvalue weighted by molar-refractivity contribution is 8.00. The van der Waals surface area contributed by atoms with Crippen LogP contribution in [-0.2, 0) is 7.05 Å². The Balaban J connectivity index is 2.45. The largest absolute Gasteiger partial charge is 0.387 e. The highest BCUT2D eigenvalue weighted by Crippen LogP contribution is 2.14. The van der Waals surface area contributed by atoms with Crippen LogP contribution in [0.2, 0.25) is 0 Å². The number of aryl methyl sites for hydroxylation is 1. The summed E-state index contributed by atoms with van der Waals surface area (Å²) in [5.74, 6) is 0.727. The molecule has 0 aromatic carbocycles. The van der Waals surface area contributed by atoms with Crippen LogP contribution in [0.1, 0.15) is 0 Å². The Morgan fingerprint density at radius 2 is 2.64 bits per heavy atom. The predicted octanol–water partition coefficient (Wildman–Crippen LogP) is 0.448. The standard InChI is InChI=1S/C6H10N4S/c1-10-3-5(2-9-10)11-4-6(7)8/h2-3H,4H2,1H3,(H3,7,8). The lowest BCUT2D eigenvalue weighted by molar-refractivity contribution is 0.766. The van der Waals surface area contributed by atoms with Gasteiger partial charge in [0, 0.05) is 18.1 Å². The second-order valence-corrected chi connectivity index (χ2v) is 3.21. The fourth-order valence-electron chi connectivity index (χ4n) is 0.634. The van der Waals surface area contributed by atoms with E-state index in [9.17, 15) is 0 Å². The van der Waals surface area contributed by atoms with Gasteiger partial charge in [0.15, 0.2) is 0 Å². The molecule has 0 radical (unpaired) electrons. The molecule has 1 heterocycles. The molecular weight excluding hydrogens is 160 g/mol. The molecule has 1 aromatic rings. The van der Waals surface area contributed by atoms with E-state index in [4.69, 9.17) is 11.1 Å². The molecule has 0 aliphatic heterocycles. The summed E-state index contributed by atoms with van der Waals surface area (Å²) in [5.41, 5.74) is 5.18. The van der Waals surface area contributed by atoms with Gasteiger partial charge >= 0.3 is 0 Å². The van der Waals surface area contributed by atoms with Crippen molar-refractivity contribution in [3.05, 3.63) is 12.4 Å². The third-order valence-electron chi connectivity index (χ3n) is 1.08. The van der Waals surface area contributed by atoms with Crippen molar-refractivity contribution in [3.63, 3.8) is 0 Å². The number of hydrogen-bond donors (Lipinski definition) is 2. The summed E-state index contributed by atoms with van der Waals surface area (Å²) >= 11 is 1.52. The molecule has 0 spiro atoms. The zero-order valence-corrected chi connectivity index (χ0v) is 7.06. The molecule has 4 nitrogen and oxygen atoms in total. The molecule has 0 bridgehead atoms. The van der Waals surface area contributed by atoms with Crippen molar-refractivity contribution in [2.45, 2.75) is 4.90 Å². The van der Waals surface area contributed by atoms with E-state index >= 15 is 0 Å².